The second-order valence-corrected chi connectivity index (χ2v) is 5.68. The first-order chi connectivity index (χ1) is 9.06. The molecule has 5 nitrogen and oxygen atoms in total. The van der Waals surface area contributed by atoms with Crippen molar-refractivity contribution in [3.63, 3.8) is 0 Å². The number of amides is 1. The molecule has 2 aromatic heterocycles. The monoisotopic (exact) mass is 296 g/mol. The fraction of sp³-hybridized carbons (Fsp3) is 0.167. The minimum Gasteiger partial charge on any atom is -0.396 e. The van der Waals surface area contributed by atoms with Gasteiger partial charge in [-0.25, -0.2) is 4.98 Å². The molecule has 0 atom stereocenters. The van der Waals surface area contributed by atoms with Gasteiger partial charge in [0.05, 0.1) is 10.0 Å². The van der Waals surface area contributed by atoms with E-state index in [0.29, 0.717) is 18.1 Å². The van der Waals surface area contributed by atoms with Crippen molar-refractivity contribution >= 4 is 40.4 Å². The number of halogens is 1. The Balaban J connectivity index is 1.99. The lowest BCUT2D eigenvalue weighted by Gasteiger charge is -2.08. The van der Waals surface area contributed by atoms with E-state index in [1.807, 2.05) is 12.1 Å². The molecule has 0 aliphatic heterocycles. The minimum absolute atomic E-state index is 0.191. The highest BCUT2D eigenvalue weighted by molar-refractivity contribution is 7.16. The van der Waals surface area contributed by atoms with Gasteiger partial charge in [0.15, 0.2) is 0 Å². The van der Waals surface area contributed by atoms with Crippen LogP contribution in [0.4, 0.5) is 11.5 Å². The number of primary amides is 1. The van der Waals surface area contributed by atoms with Crippen LogP contribution in [-0.2, 0) is 6.42 Å². The smallest absolute Gasteiger partial charge is 0.267 e. The van der Waals surface area contributed by atoms with Gasteiger partial charge < -0.3 is 16.8 Å². The zero-order valence-corrected chi connectivity index (χ0v) is 11.6. The average molecular weight is 297 g/mol. The zero-order chi connectivity index (χ0) is 13.8. The molecule has 2 heterocycles. The van der Waals surface area contributed by atoms with Crippen molar-refractivity contribution in [3.8, 4) is 0 Å². The van der Waals surface area contributed by atoms with Crippen LogP contribution in [0.1, 0.15) is 15.4 Å². The Labute approximate surface area is 119 Å². The number of nitrogens with one attached hydrogen (secondary N) is 1. The summed E-state index contributed by atoms with van der Waals surface area (Å²) in [5.74, 6) is -0.105. The highest BCUT2D eigenvalue weighted by Gasteiger charge is 2.07. The van der Waals surface area contributed by atoms with Crippen molar-refractivity contribution < 1.29 is 4.79 Å². The fourth-order valence-corrected chi connectivity index (χ4v) is 2.63. The molecule has 0 fully saturated rings. The topological polar surface area (TPSA) is 94.0 Å². The van der Waals surface area contributed by atoms with Gasteiger partial charge in [0.1, 0.15) is 11.5 Å². The summed E-state index contributed by atoms with van der Waals surface area (Å²) >= 11 is 7.39. The van der Waals surface area contributed by atoms with Crippen LogP contribution in [0.5, 0.6) is 0 Å². The molecule has 0 bridgehead atoms. The Hall–Kier alpha value is -1.79. The molecule has 0 radical (unpaired) electrons. The third-order valence-corrected chi connectivity index (χ3v) is 3.76. The van der Waals surface area contributed by atoms with E-state index in [0.717, 1.165) is 10.8 Å². The summed E-state index contributed by atoms with van der Waals surface area (Å²) < 4.78 is 0.767. The molecule has 0 spiro atoms. The van der Waals surface area contributed by atoms with Crippen LogP contribution in [0, 0.1) is 0 Å². The summed E-state index contributed by atoms with van der Waals surface area (Å²) in [5.41, 5.74) is 11.6. The van der Waals surface area contributed by atoms with Crippen LogP contribution in [-0.4, -0.2) is 17.4 Å². The van der Waals surface area contributed by atoms with Crippen LogP contribution >= 0.6 is 22.9 Å². The summed E-state index contributed by atoms with van der Waals surface area (Å²) in [7, 11) is 0. The third kappa shape index (κ3) is 3.59. The van der Waals surface area contributed by atoms with Crippen molar-refractivity contribution in [3.05, 3.63) is 39.2 Å². The Kier molecular flexibility index (Phi) is 4.24. The van der Waals surface area contributed by atoms with Crippen molar-refractivity contribution in [2.45, 2.75) is 6.42 Å². The Bertz CT molecular complexity index is 599. The van der Waals surface area contributed by atoms with E-state index in [2.05, 4.69) is 10.3 Å². The highest BCUT2D eigenvalue weighted by atomic mass is 35.5. The summed E-state index contributed by atoms with van der Waals surface area (Å²) in [6.07, 6.45) is 0.805. The van der Waals surface area contributed by atoms with Crippen molar-refractivity contribution in [2.24, 2.45) is 5.73 Å². The maximum Gasteiger partial charge on any atom is 0.267 e. The van der Waals surface area contributed by atoms with E-state index in [1.54, 1.807) is 6.07 Å². The number of carbonyl (C=O) groups is 1. The molecular formula is C12H13ClN4OS. The lowest BCUT2D eigenvalue weighted by molar-refractivity contribution is 0.0996. The maximum absolute atomic E-state index is 11.0. The molecule has 2 rings (SSSR count). The number of hydrogen-bond donors (Lipinski definition) is 3. The van der Waals surface area contributed by atoms with Gasteiger partial charge in [0.25, 0.3) is 5.91 Å². The lowest BCUT2D eigenvalue weighted by atomic mass is 10.3. The normalized spacial score (nSPS) is 10.4. The van der Waals surface area contributed by atoms with Gasteiger partial charge in [-0.3, -0.25) is 4.79 Å². The van der Waals surface area contributed by atoms with Gasteiger partial charge in [0.2, 0.25) is 0 Å². The Morgan fingerprint density at radius 1 is 1.37 bits per heavy atom. The van der Waals surface area contributed by atoms with Crippen LogP contribution in [0.3, 0.4) is 0 Å². The lowest BCUT2D eigenvalue weighted by Crippen LogP contribution is -2.15. The second kappa shape index (κ2) is 5.90. The predicted octanol–water partition coefficient (Wildman–Crippen LogP) is 2.13. The zero-order valence-electron chi connectivity index (χ0n) is 10.0. The number of thiophene rings is 1. The largest absolute Gasteiger partial charge is 0.396 e. The number of nitrogen functional groups attached to an aromatic ring is 1. The standard InChI is InChI=1S/C12H13ClN4OS/c13-10-4-1-7(19-10)5-6-16-12-8(14)2-3-9(17-12)11(15)18/h1-4H,5-6,14H2,(H2,15,18)(H,16,17). The number of nitrogens with two attached hydrogens (primary N) is 2. The number of nitrogens with zero attached hydrogens (tertiary/aromatic N) is 1. The molecule has 0 saturated heterocycles. The molecule has 5 N–H and O–H groups in total. The number of aromatic nitrogens is 1. The van der Waals surface area contributed by atoms with Crippen LogP contribution in [0.25, 0.3) is 0 Å². The van der Waals surface area contributed by atoms with Crippen LogP contribution < -0.4 is 16.8 Å². The molecule has 0 aliphatic rings. The van der Waals surface area contributed by atoms with Gasteiger partial charge in [0, 0.05) is 11.4 Å². The Morgan fingerprint density at radius 3 is 2.79 bits per heavy atom. The Morgan fingerprint density at radius 2 is 2.16 bits per heavy atom. The molecule has 0 aliphatic carbocycles. The van der Waals surface area contributed by atoms with Crippen molar-refractivity contribution in [1.29, 1.82) is 0 Å². The summed E-state index contributed by atoms with van der Waals surface area (Å²) in [4.78, 5) is 16.3. The van der Waals surface area contributed by atoms with Crippen molar-refractivity contribution in [2.75, 3.05) is 17.6 Å². The average Bonchev–Trinajstić information content (AvgIpc) is 2.77. The second-order valence-electron chi connectivity index (χ2n) is 3.88. The van der Waals surface area contributed by atoms with E-state index >= 15 is 0 Å². The molecule has 0 saturated carbocycles. The SMILES string of the molecule is NC(=O)c1ccc(N)c(NCCc2ccc(Cl)s2)n1. The number of carbonyl (C=O) groups excluding carboxylic acids is 1. The third-order valence-electron chi connectivity index (χ3n) is 2.47. The summed E-state index contributed by atoms with van der Waals surface area (Å²) in [6.45, 7) is 0.649. The molecular weight excluding hydrogens is 284 g/mol. The number of rotatable bonds is 5. The van der Waals surface area contributed by atoms with Gasteiger partial charge in [-0.2, -0.15) is 0 Å². The maximum atomic E-state index is 11.0. The van der Waals surface area contributed by atoms with E-state index in [-0.39, 0.29) is 5.69 Å². The molecule has 0 unspecified atom stereocenters. The number of hydrogen-bond acceptors (Lipinski definition) is 5. The first-order valence-electron chi connectivity index (χ1n) is 5.60. The van der Waals surface area contributed by atoms with E-state index in [4.69, 9.17) is 23.1 Å². The highest BCUT2D eigenvalue weighted by Crippen LogP contribution is 2.22. The van der Waals surface area contributed by atoms with Crippen molar-refractivity contribution in [1.82, 2.24) is 4.98 Å². The molecule has 19 heavy (non-hydrogen) atoms. The first kappa shape index (κ1) is 13.6. The van der Waals surface area contributed by atoms with E-state index in [9.17, 15) is 4.79 Å². The molecule has 7 heteroatoms. The number of anilines is 2. The quantitative estimate of drug-likeness (QED) is 0.788. The van der Waals surface area contributed by atoms with Gasteiger partial charge in [-0.1, -0.05) is 11.6 Å². The summed E-state index contributed by atoms with van der Waals surface area (Å²) in [5, 5.41) is 3.09. The van der Waals surface area contributed by atoms with Gasteiger partial charge in [-0.05, 0) is 30.7 Å². The molecule has 1 amide bonds. The molecule has 100 valence electrons. The molecule has 2 aromatic rings. The fourth-order valence-electron chi connectivity index (χ4n) is 1.54. The predicted molar refractivity (Wildman–Crippen MR) is 78.7 cm³/mol. The van der Waals surface area contributed by atoms with Crippen LogP contribution in [0.15, 0.2) is 24.3 Å². The van der Waals surface area contributed by atoms with E-state index in [1.165, 1.54) is 22.3 Å². The summed E-state index contributed by atoms with van der Waals surface area (Å²) in [6, 6.07) is 6.95. The van der Waals surface area contributed by atoms with E-state index < -0.39 is 5.91 Å². The first-order valence-corrected chi connectivity index (χ1v) is 6.80. The molecule has 0 aromatic carbocycles. The van der Waals surface area contributed by atoms with Crippen LogP contribution in [0.2, 0.25) is 4.34 Å². The van der Waals surface area contributed by atoms with Gasteiger partial charge >= 0.3 is 0 Å². The van der Waals surface area contributed by atoms with Gasteiger partial charge in [-0.15, -0.1) is 11.3 Å². The minimum atomic E-state index is -0.576. The number of pyridine rings is 1.